The number of thiophene rings is 1. The molecule has 0 saturated carbocycles. The predicted molar refractivity (Wildman–Crippen MR) is 109 cm³/mol. The molecule has 1 saturated heterocycles. The van der Waals surface area contributed by atoms with Gasteiger partial charge in [0.15, 0.2) is 5.82 Å². The molecule has 1 N–H and O–H groups in total. The number of rotatable bonds is 3. The lowest BCUT2D eigenvalue weighted by Crippen LogP contribution is -2.50. The molecule has 3 heterocycles. The van der Waals surface area contributed by atoms with Crippen LogP contribution < -0.4 is 10.2 Å². The summed E-state index contributed by atoms with van der Waals surface area (Å²) in [6.45, 7) is 4.80. The molecule has 4 rings (SSSR count). The summed E-state index contributed by atoms with van der Waals surface area (Å²) >= 11 is 1.66. The average Bonchev–Trinajstić information content (AvgIpc) is 3.25. The monoisotopic (exact) mass is 379 g/mol. The van der Waals surface area contributed by atoms with E-state index in [4.69, 9.17) is 0 Å². The van der Waals surface area contributed by atoms with E-state index in [9.17, 15) is 4.79 Å². The molecule has 27 heavy (non-hydrogen) atoms. The fraction of sp³-hybridized carbons (Fsp3) is 0.250. The Morgan fingerprint density at radius 1 is 1.00 bits per heavy atom. The van der Waals surface area contributed by atoms with Crippen molar-refractivity contribution in [3.8, 4) is 10.6 Å². The first-order chi connectivity index (χ1) is 13.2. The highest BCUT2D eigenvalue weighted by Gasteiger charge is 2.22. The van der Waals surface area contributed by atoms with Gasteiger partial charge in [0.05, 0.1) is 4.88 Å². The van der Waals surface area contributed by atoms with Gasteiger partial charge in [0.25, 0.3) is 0 Å². The van der Waals surface area contributed by atoms with Crippen LogP contribution in [0.2, 0.25) is 0 Å². The molecule has 0 unspecified atom stereocenters. The number of aryl methyl sites for hydroxylation is 1. The Balaban J connectivity index is 1.34. The first kappa shape index (κ1) is 17.5. The number of carbonyl (C=O) groups is 1. The highest BCUT2D eigenvalue weighted by Crippen LogP contribution is 2.23. The van der Waals surface area contributed by atoms with E-state index in [2.05, 4.69) is 20.4 Å². The molecule has 2 amide bonds. The molecule has 0 radical (unpaired) electrons. The third kappa shape index (κ3) is 3.93. The summed E-state index contributed by atoms with van der Waals surface area (Å²) in [4.78, 5) is 17.6. The number of para-hydroxylation sites is 1. The lowest BCUT2D eigenvalue weighted by molar-refractivity contribution is 0.208. The third-order valence-corrected chi connectivity index (χ3v) is 5.59. The minimum atomic E-state index is -0.0527. The van der Waals surface area contributed by atoms with Gasteiger partial charge in [-0.2, -0.15) is 0 Å². The maximum Gasteiger partial charge on any atom is 0.321 e. The van der Waals surface area contributed by atoms with Gasteiger partial charge in [-0.1, -0.05) is 24.3 Å². The van der Waals surface area contributed by atoms with E-state index in [0.29, 0.717) is 13.1 Å². The molecule has 138 valence electrons. The summed E-state index contributed by atoms with van der Waals surface area (Å²) in [5, 5.41) is 13.7. The van der Waals surface area contributed by atoms with Crippen LogP contribution in [0.4, 0.5) is 16.3 Å². The Morgan fingerprint density at radius 3 is 2.48 bits per heavy atom. The summed E-state index contributed by atoms with van der Waals surface area (Å²) in [6, 6.07) is 15.8. The number of benzene rings is 1. The Morgan fingerprint density at radius 2 is 1.81 bits per heavy atom. The van der Waals surface area contributed by atoms with Gasteiger partial charge < -0.3 is 15.1 Å². The van der Waals surface area contributed by atoms with Crippen molar-refractivity contribution < 1.29 is 4.79 Å². The molecule has 0 spiro atoms. The van der Waals surface area contributed by atoms with Crippen LogP contribution in [0.15, 0.2) is 53.9 Å². The summed E-state index contributed by atoms with van der Waals surface area (Å²) in [5.74, 6) is 0.856. The van der Waals surface area contributed by atoms with Gasteiger partial charge in [0.1, 0.15) is 5.69 Å². The lowest BCUT2D eigenvalue weighted by atomic mass is 10.2. The minimum absolute atomic E-state index is 0.0527. The Labute approximate surface area is 162 Å². The number of nitrogens with one attached hydrogen (secondary N) is 1. The molecule has 1 aliphatic heterocycles. The van der Waals surface area contributed by atoms with Gasteiger partial charge in [0, 0.05) is 31.9 Å². The summed E-state index contributed by atoms with van der Waals surface area (Å²) < 4.78 is 0. The number of hydrogen-bond donors (Lipinski definition) is 1. The fourth-order valence-corrected chi connectivity index (χ4v) is 3.79. The van der Waals surface area contributed by atoms with Gasteiger partial charge in [-0.25, -0.2) is 4.79 Å². The van der Waals surface area contributed by atoms with Crippen molar-refractivity contribution in [1.82, 2.24) is 15.1 Å². The number of urea groups is 1. The van der Waals surface area contributed by atoms with E-state index in [1.54, 1.807) is 11.3 Å². The van der Waals surface area contributed by atoms with E-state index in [1.807, 2.05) is 65.7 Å². The van der Waals surface area contributed by atoms with Crippen LogP contribution in [0.3, 0.4) is 0 Å². The maximum absolute atomic E-state index is 12.5. The van der Waals surface area contributed by atoms with Crippen molar-refractivity contribution in [3.63, 3.8) is 0 Å². The largest absolute Gasteiger partial charge is 0.352 e. The summed E-state index contributed by atoms with van der Waals surface area (Å²) in [5.41, 5.74) is 2.82. The molecule has 0 aliphatic carbocycles. The molecular weight excluding hydrogens is 358 g/mol. The van der Waals surface area contributed by atoms with Crippen LogP contribution in [0, 0.1) is 6.92 Å². The molecule has 2 aromatic heterocycles. The Kier molecular flexibility index (Phi) is 5.02. The molecule has 1 aromatic carbocycles. The van der Waals surface area contributed by atoms with Crippen molar-refractivity contribution in [3.05, 3.63) is 59.5 Å². The molecule has 1 aliphatic rings. The van der Waals surface area contributed by atoms with E-state index >= 15 is 0 Å². The number of amides is 2. The predicted octanol–water partition coefficient (Wildman–Crippen LogP) is 3.87. The maximum atomic E-state index is 12.5. The second-order valence-corrected chi connectivity index (χ2v) is 7.42. The number of piperazine rings is 1. The summed E-state index contributed by atoms with van der Waals surface area (Å²) in [7, 11) is 0. The number of hydrogen-bond acceptors (Lipinski definition) is 5. The van der Waals surface area contributed by atoms with Crippen molar-refractivity contribution >= 4 is 28.9 Å². The molecule has 1 fully saturated rings. The van der Waals surface area contributed by atoms with Crippen LogP contribution in [-0.4, -0.2) is 47.3 Å². The number of carbonyl (C=O) groups excluding carboxylic acids is 1. The van der Waals surface area contributed by atoms with Crippen LogP contribution in [-0.2, 0) is 0 Å². The van der Waals surface area contributed by atoms with Crippen LogP contribution in [0.25, 0.3) is 10.6 Å². The van der Waals surface area contributed by atoms with Gasteiger partial charge in [-0.15, -0.1) is 21.5 Å². The van der Waals surface area contributed by atoms with Crippen molar-refractivity contribution in [2.24, 2.45) is 0 Å². The zero-order chi connectivity index (χ0) is 18.6. The standard InChI is InChI=1S/C20H21N5OS/c1-15-5-2-3-6-16(15)21-20(26)25-12-10-24(11-13-25)19-9-8-17(22-23-19)18-7-4-14-27-18/h2-9,14H,10-13H2,1H3,(H,21,26). The zero-order valence-electron chi connectivity index (χ0n) is 15.1. The second kappa shape index (κ2) is 7.75. The minimum Gasteiger partial charge on any atom is -0.352 e. The highest BCUT2D eigenvalue weighted by atomic mass is 32.1. The average molecular weight is 379 g/mol. The normalized spacial score (nSPS) is 14.3. The van der Waals surface area contributed by atoms with E-state index in [0.717, 1.165) is 40.7 Å². The number of anilines is 2. The smallest absolute Gasteiger partial charge is 0.321 e. The van der Waals surface area contributed by atoms with Crippen molar-refractivity contribution in [2.75, 3.05) is 36.4 Å². The van der Waals surface area contributed by atoms with Gasteiger partial charge in [-0.05, 0) is 42.1 Å². The highest BCUT2D eigenvalue weighted by molar-refractivity contribution is 7.13. The van der Waals surface area contributed by atoms with Crippen molar-refractivity contribution in [1.29, 1.82) is 0 Å². The van der Waals surface area contributed by atoms with Gasteiger partial charge in [0.2, 0.25) is 0 Å². The molecule has 0 atom stereocenters. The van der Waals surface area contributed by atoms with E-state index in [1.165, 1.54) is 0 Å². The summed E-state index contributed by atoms with van der Waals surface area (Å²) in [6.07, 6.45) is 0. The van der Waals surface area contributed by atoms with Crippen LogP contribution >= 0.6 is 11.3 Å². The van der Waals surface area contributed by atoms with E-state index in [-0.39, 0.29) is 6.03 Å². The number of nitrogens with zero attached hydrogens (tertiary/aromatic N) is 4. The Hall–Kier alpha value is -2.93. The molecular formula is C20H21N5OS. The lowest BCUT2D eigenvalue weighted by Gasteiger charge is -2.35. The SMILES string of the molecule is Cc1ccccc1NC(=O)N1CCN(c2ccc(-c3cccs3)nn2)CC1. The van der Waals surface area contributed by atoms with Crippen LogP contribution in [0.1, 0.15) is 5.56 Å². The first-order valence-electron chi connectivity index (χ1n) is 8.95. The second-order valence-electron chi connectivity index (χ2n) is 6.47. The number of aromatic nitrogens is 2. The zero-order valence-corrected chi connectivity index (χ0v) is 15.9. The Bertz CT molecular complexity index is 902. The van der Waals surface area contributed by atoms with Crippen molar-refractivity contribution in [2.45, 2.75) is 6.92 Å². The fourth-order valence-electron chi connectivity index (χ4n) is 3.10. The first-order valence-corrected chi connectivity index (χ1v) is 9.83. The molecule has 6 nitrogen and oxygen atoms in total. The third-order valence-electron chi connectivity index (χ3n) is 4.70. The van der Waals surface area contributed by atoms with Gasteiger partial charge >= 0.3 is 6.03 Å². The molecule has 7 heteroatoms. The molecule has 3 aromatic rings. The molecule has 0 bridgehead atoms. The topological polar surface area (TPSA) is 61.4 Å². The quantitative estimate of drug-likeness (QED) is 0.750. The van der Waals surface area contributed by atoms with Crippen LogP contribution in [0.5, 0.6) is 0 Å². The van der Waals surface area contributed by atoms with Gasteiger partial charge in [-0.3, -0.25) is 0 Å². The van der Waals surface area contributed by atoms with E-state index < -0.39 is 0 Å².